The number of hydrogen-bond acceptors (Lipinski definition) is 4. The number of carbonyl (C=O) groups excluding carboxylic acids is 1. The third-order valence-electron chi connectivity index (χ3n) is 4.25. The van der Waals surface area contributed by atoms with Crippen molar-refractivity contribution < 1.29 is 18.7 Å². The molecule has 1 saturated heterocycles. The molecular weight excluding hydrogens is 379 g/mol. The van der Waals surface area contributed by atoms with E-state index >= 15 is 0 Å². The third kappa shape index (κ3) is 4.31. The molecule has 0 saturated carbocycles. The van der Waals surface area contributed by atoms with Crippen LogP contribution in [0.2, 0.25) is 0 Å². The maximum Gasteiger partial charge on any atom is 0.276 e. The van der Waals surface area contributed by atoms with Crippen molar-refractivity contribution in [1.82, 2.24) is 10.2 Å². The Labute approximate surface area is 168 Å². The summed E-state index contributed by atoms with van der Waals surface area (Å²) in [5.74, 6) is 0.512. The zero-order chi connectivity index (χ0) is 20.1. The Balaban J connectivity index is 1.77. The molecule has 2 aromatic rings. The molecule has 0 radical (unpaired) electrons. The minimum atomic E-state index is -0.318. The molecular formula is C21H21FN2O3S. The summed E-state index contributed by atoms with van der Waals surface area (Å²) < 4.78 is 24.8. The van der Waals surface area contributed by atoms with Gasteiger partial charge < -0.3 is 14.8 Å². The Hall–Kier alpha value is -2.93. The van der Waals surface area contributed by atoms with Crippen molar-refractivity contribution in [1.29, 1.82) is 0 Å². The first-order valence-electron chi connectivity index (χ1n) is 8.92. The second-order valence-corrected chi connectivity index (χ2v) is 6.62. The van der Waals surface area contributed by atoms with Gasteiger partial charge >= 0.3 is 0 Å². The summed E-state index contributed by atoms with van der Waals surface area (Å²) in [6.45, 7) is 2.65. The van der Waals surface area contributed by atoms with Crippen LogP contribution in [0.25, 0.3) is 6.08 Å². The number of hydrogen-bond donors (Lipinski definition) is 1. The van der Waals surface area contributed by atoms with Crippen LogP contribution in [0.4, 0.5) is 4.39 Å². The summed E-state index contributed by atoms with van der Waals surface area (Å²) in [6, 6.07) is 11.7. The average molecular weight is 400 g/mol. The number of methoxy groups -OCH3 is 1. The highest BCUT2D eigenvalue weighted by molar-refractivity contribution is 7.80. The molecule has 2 aromatic carbocycles. The molecule has 28 heavy (non-hydrogen) atoms. The van der Waals surface area contributed by atoms with Crippen LogP contribution in [-0.2, 0) is 11.4 Å². The maximum atomic E-state index is 13.7. The summed E-state index contributed by atoms with van der Waals surface area (Å²) >= 11 is 5.21. The van der Waals surface area contributed by atoms with E-state index in [4.69, 9.17) is 21.7 Å². The Morgan fingerprint density at radius 3 is 2.71 bits per heavy atom. The van der Waals surface area contributed by atoms with Gasteiger partial charge in [-0.1, -0.05) is 31.2 Å². The van der Waals surface area contributed by atoms with E-state index in [0.29, 0.717) is 34.4 Å². The van der Waals surface area contributed by atoms with Gasteiger partial charge in [-0.15, -0.1) is 0 Å². The molecule has 7 heteroatoms. The van der Waals surface area contributed by atoms with E-state index in [9.17, 15) is 9.18 Å². The fraction of sp³-hybridized carbons (Fsp3) is 0.238. The first kappa shape index (κ1) is 19.8. The zero-order valence-electron chi connectivity index (χ0n) is 15.7. The van der Waals surface area contributed by atoms with Gasteiger partial charge in [-0.3, -0.25) is 9.69 Å². The van der Waals surface area contributed by atoms with Gasteiger partial charge in [0.1, 0.15) is 18.1 Å². The van der Waals surface area contributed by atoms with Crippen molar-refractivity contribution >= 4 is 29.3 Å². The predicted octanol–water partition coefficient (Wildman–Crippen LogP) is 3.88. The molecule has 0 unspecified atom stereocenters. The van der Waals surface area contributed by atoms with Gasteiger partial charge in [0.15, 0.2) is 16.6 Å². The topological polar surface area (TPSA) is 50.8 Å². The number of benzene rings is 2. The minimum absolute atomic E-state index is 0.0871. The summed E-state index contributed by atoms with van der Waals surface area (Å²) in [4.78, 5) is 14.0. The standard InChI is InChI=1S/C21H21FN2O3S/c1-3-10-24-20(25)17(23-21(24)28)11-14-8-9-18(19(12-14)26-2)27-13-15-6-4-5-7-16(15)22/h4-9,11-12H,3,10,13H2,1-2H3,(H,23,28). The average Bonchev–Trinajstić information content (AvgIpc) is 2.95. The number of rotatable bonds is 7. The lowest BCUT2D eigenvalue weighted by molar-refractivity contribution is -0.122. The van der Waals surface area contributed by atoms with Crippen LogP contribution in [0.3, 0.4) is 0 Å². The van der Waals surface area contributed by atoms with Gasteiger partial charge in [-0.2, -0.15) is 0 Å². The Bertz CT molecular complexity index is 930. The fourth-order valence-corrected chi connectivity index (χ4v) is 3.11. The monoisotopic (exact) mass is 400 g/mol. The summed E-state index contributed by atoms with van der Waals surface area (Å²) in [6.07, 6.45) is 2.54. The highest BCUT2D eigenvalue weighted by atomic mass is 32.1. The van der Waals surface area contributed by atoms with Crippen LogP contribution in [0.5, 0.6) is 11.5 Å². The maximum absolute atomic E-state index is 13.7. The molecule has 0 atom stereocenters. The van der Waals surface area contributed by atoms with Crippen molar-refractivity contribution in [3.63, 3.8) is 0 Å². The normalized spacial score (nSPS) is 15.1. The highest BCUT2D eigenvalue weighted by Crippen LogP contribution is 2.30. The molecule has 5 nitrogen and oxygen atoms in total. The molecule has 1 N–H and O–H groups in total. The van der Waals surface area contributed by atoms with E-state index in [1.165, 1.54) is 13.2 Å². The van der Waals surface area contributed by atoms with Crippen molar-refractivity contribution in [2.45, 2.75) is 20.0 Å². The molecule has 0 aromatic heterocycles. The lowest BCUT2D eigenvalue weighted by Crippen LogP contribution is -2.31. The molecule has 0 aliphatic carbocycles. The van der Waals surface area contributed by atoms with Gasteiger partial charge in [0.25, 0.3) is 5.91 Å². The molecule has 0 spiro atoms. The second kappa shape index (κ2) is 8.84. The lowest BCUT2D eigenvalue weighted by Gasteiger charge is -2.12. The van der Waals surface area contributed by atoms with E-state index in [2.05, 4.69) is 5.32 Å². The fourth-order valence-electron chi connectivity index (χ4n) is 2.83. The second-order valence-electron chi connectivity index (χ2n) is 6.24. The molecule has 3 rings (SSSR count). The van der Waals surface area contributed by atoms with E-state index in [-0.39, 0.29) is 18.3 Å². The number of carbonyl (C=O) groups is 1. The van der Waals surface area contributed by atoms with Crippen LogP contribution < -0.4 is 14.8 Å². The van der Waals surface area contributed by atoms with Crippen molar-refractivity contribution in [2.75, 3.05) is 13.7 Å². The van der Waals surface area contributed by atoms with Gasteiger partial charge in [-0.25, -0.2) is 4.39 Å². The van der Waals surface area contributed by atoms with Gasteiger partial charge in [0.2, 0.25) is 0 Å². The van der Waals surface area contributed by atoms with Crippen molar-refractivity contribution in [2.24, 2.45) is 0 Å². The SMILES string of the molecule is CCCN1C(=O)C(=Cc2ccc(OCc3ccccc3F)c(OC)c2)NC1=S. The number of amides is 1. The van der Waals surface area contributed by atoms with Gasteiger partial charge in [-0.05, 0) is 48.5 Å². The minimum Gasteiger partial charge on any atom is -0.493 e. The largest absolute Gasteiger partial charge is 0.493 e. The quantitative estimate of drug-likeness (QED) is 0.565. The molecule has 146 valence electrons. The number of thiocarbonyl (C=S) groups is 1. The van der Waals surface area contributed by atoms with Crippen molar-refractivity contribution in [3.8, 4) is 11.5 Å². The molecule has 1 heterocycles. The molecule has 1 amide bonds. The van der Waals surface area contributed by atoms with Crippen LogP contribution >= 0.6 is 12.2 Å². The third-order valence-corrected chi connectivity index (χ3v) is 4.57. The first-order chi connectivity index (χ1) is 13.5. The summed E-state index contributed by atoms with van der Waals surface area (Å²) in [7, 11) is 1.53. The Kier molecular flexibility index (Phi) is 6.26. The molecule has 1 fully saturated rings. The summed E-state index contributed by atoms with van der Waals surface area (Å²) in [5, 5.41) is 3.36. The van der Waals surface area contributed by atoms with E-state index in [1.807, 2.05) is 6.92 Å². The van der Waals surface area contributed by atoms with E-state index in [0.717, 1.165) is 12.0 Å². The number of halogens is 1. The molecule has 1 aliphatic rings. The molecule has 0 bridgehead atoms. The first-order valence-corrected chi connectivity index (χ1v) is 9.33. The van der Waals surface area contributed by atoms with Crippen LogP contribution in [0, 0.1) is 5.82 Å². The van der Waals surface area contributed by atoms with E-state index < -0.39 is 0 Å². The van der Waals surface area contributed by atoms with Crippen molar-refractivity contribution in [3.05, 3.63) is 65.1 Å². The predicted molar refractivity (Wildman–Crippen MR) is 109 cm³/mol. The van der Waals surface area contributed by atoms with Crippen LogP contribution in [-0.4, -0.2) is 29.6 Å². The van der Waals surface area contributed by atoms with E-state index in [1.54, 1.807) is 47.4 Å². The number of nitrogens with one attached hydrogen (secondary N) is 1. The smallest absolute Gasteiger partial charge is 0.276 e. The number of nitrogens with zero attached hydrogens (tertiary/aromatic N) is 1. The highest BCUT2D eigenvalue weighted by Gasteiger charge is 2.29. The van der Waals surface area contributed by atoms with Gasteiger partial charge in [0, 0.05) is 12.1 Å². The van der Waals surface area contributed by atoms with Crippen LogP contribution in [0.15, 0.2) is 48.2 Å². The lowest BCUT2D eigenvalue weighted by atomic mass is 10.1. The summed E-state index contributed by atoms with van der Waals surface area (Å²) in [5.41, 5.74) is 1.63. The Morgan fingerprint density at radius 1 is 1.21 bits per heavy atom. The Morgan fingerprint density at radius 2 is 2.00 bits per heavy atom. The molecule has 1 aliphatic heterocycles. The van der Waals surface area contributed by atoms with Crippen LogP contribution in [0.1, 0.15) is 24.5 Å². The van der Waals surface area contributed by atoms with Gasteiger partial charge in [0.05, 0.1) is 7.11 Å². The zero-order valence-corrected chi connectivity index (χ0v) is 16.5. The number of ether oxygens (including phenoxy) is 2.